The second kappa shape index (κ2) is 5.15. The molecule has 0 unspecified atom stereocenters. The molecule has 0 saturated heterocycles. The molecule has 0 amide bonds. The lowest BCUT2D eigenvalue weighted by atomic mass is 10.1. The summed E-state index contributed by atoms with van der Waals surface area (Å²) in [5, 5.41) is 3.52. The van der Waals surface area contributed by atoms with E-state index in [1.807, 2.05) is 0 Å². The minimum atomic E-state index is 0.782. The second-order valence-electron chi connectivity index (χ2n) is 4.67. The molecule has 1 aromatic rings. The molecule has 1 fully saturated rings. The van der Waals surface area contributed by atoms with Gasteiger partial charge in [0.05, 0.1) is 0 Å². The fraction of sp³-hybridized carbons (Fsp3) is 0.429. The Hall–Kier alpha value is -0.600. The van der Waals surface area contributed by atoms with Gasteiger partial charge in [0.1, 0.15) is 0 Å². The maximum atomic E-state index is 3.60. The van der Waals surface area contributed by atoms with Crippen LogP contribution in [0.5, 0.6) is 0 Å². The molecule has 1 aromatic carbocycles. The highest BCUT2D eigenvalue weighted by Crippen LogP contribution is 2.22. The van der Waals surface area contributed by atoms with Crippen molar-refractivity contribution in [1.82, 2.24) is 5.32 Å². The Labute approximate surface area is 106 Å². The number of nitrogens with one attached hydrogen (secondary N) is 1. The second-order valence-corrected chi connectivity index (χ2v) is 5.53. The third-order valence-electron chi connectivity index (χ3n) is 2.80. The van der Waals surface area contributed by atoms with Crippen LogP contribution >= 0.6 is 15.9 Å². The first-order valence-corrected chi connectivity index (χ1v) is 6.61. The van der Waals surface area contributed by atoms with Gasteiger partial charge in [0.15, 0.2) is 0 Å². The largest absolute Gasteiger partial charge is 0.310 e. The Bertz CT molecular complexity index is 405. The number of hydrogen-bond acceptors (Lipinski definition) is 1. The Morgan fingerprint density at radius 2 is 2.25 bits per heavy atom. The zero-order chi connectivity index (χ0) is 11.5. The summed E-state index contributed by atoms with van der Waals surface area (Å²) in [7, 11) is 0. The number of hydrogen-bond donors (Lipinski definition) is 1. The smallest absolute Gasteiger partial charge is 0.0250 e. The molecule has 2 rings (SSSR count). The number of rotatable bonds is 4. The van der Waals surface area contributed by atoms with E-state index in [9.17, 15) is 0 Å². The molecule has 1 aliphatic carbocycles. The van der Waals surface area contributed by atoms with Gasteiger partial charge in [-0.3, -0.25) is 0 Å². The zero-order valence-corrected chi connectivity index (χ0v) is 11.5. The zero-order valence-electron chi connectivity index (χ0n) is 9.89. The van der Waals surface area contributed by atoms with Gasteiger partial charge in [0.25, 0.3) is 0 Å². The first kappa shape index (κ1) is 11.9. The monoisotopic (exact) mass is 279 g/mol. The van der Waals surface area contributed by atoms with E-state index in [4.69, 9.17) is 0 Å². The van der Waals surface area contributed by atoms with Crippen molar-refractivity contribution in [3.8, 4) is 0 Å². The third kappa shape index (κ3) is 3.46. The van der Waals surface area contributed by atoms with Crippen LogP contribution in [0.1, 0.15) is 30.9 Å². The van der Waals surface area contributed by atoms with E-state index in [1.165, 1.54) is 34.0 Å². The predicted molar refractivity (Wildman–Crippen MR) is 73.6 cm³/mol. The molecule has 1 aliphatic rings. The van der Waals surface area contributed by atoms with Gasteiger partial charge in [-0.05, 0) is 43.9 Å². The molecule has 0 aliphatic heterocycles. The molecule has 0 radical (unpaired) electrons. The normalized spacial score (nSPS) is 16.6. The van der Waals surface area contributed by atoms with Crippen molar-refractivity contribution >= 4 is 22.0 Å². The van der Waals surface area contributed by atoms with Gasteiger partial charge in [-0.25, -0.2) is 0 Å². The number of halogens is 1. The number of aryl methyl sites for hydroxylation is 1. The van der Waals surface area contributed by atoms with Crippen molar-refractivity contribution < 1.29 is 0 Å². The van der Waals surface area contributed by atoms with Crippen molar-refractivity contribution in [2.45, 2.75) is 32.7 Å². The molecule has 0 aromatic heterocycles. The summed E-state index contributed by atoms with van der Waals surface area (Å²) in [5.41, 5.74) is 3.94. The van der Waals surface area contributed by atoms with Gasteiger partial charge in [-0.2, -0.15) is 0 Å². The molecule has 16 heavy (non-hydrogen) atoms. The van der Waals surface area contributed by atoms with Crippen LogP contribution < -0.4 is 5.32 Å². The number of benzene rings is 1. The molecular formula is C14H18BrN. The average molecular weight is 280 g/mol. The van der Waals surface area contributed by atoms with Crippen LogP contribution in [0.25, 0.3) is 6.08 Å². The van der Waals surface area contributed by atoms with Crippen molar-refractivity contribution in [1.29, 1.82) is 0 Å². The fourth-order valence-electron chi connectivity index (χ4n) is 1.66. The van der Waals surface area contributed by atoms with Gasteiger partial charge in [0.2, 0.25) is 0 Å². The highest BCUT2D eigenvalue weighted by Gasteiger charge is 2.19. The molecule has 0 spiro atoms. The molecule has 0 heterocycles. The van der Waals surface area contributed by atoms with Crippen LogP contribution in [-0.2, 0) is 0 Å². The van der Waals surface area contributed by atoms with Crippen molar-refractivity contribution in [3.05, 3.63) is 39.4 Å². The molecule has 86 valence electrons. The van der Waals surface area contributed by atoms with Crippen LogP contribution in [0.15, 0.2) is 28.2 Å². The minimum absolute atomic E-state index is 0.782. The maximum absolute atomic E-state index is 3.60. The summed E-state index contributed by atoms with van der Waals surface area (Å²) in [4.78, 5) is 0. The summed E-state index contributed by atoms with van der Waals surface area (Å²) in [6.07, 6.45) is 4.95. The maximum Gasteiger partial charge on any atom is 0.0250 e. The van der Waals surface area contributed by atoms with Crippen LogP contribution in [0, 0.1) is 6.92 Å². The molecule has 2 heteroatoms. The summed E-state index contributed by atoms with van der Waals surface area (Å²) in [5.74, 6) is 0. The van der Waals surface area contributed by atoms with Gasteiger partial charge in [-0.15, -0.1) is 0 Å². The fourth-order valence-corrected chi connectivity index (χ4v) is 2.27. The van der Waals surface area contributed by atoms with E-state index in [1.54, 1.807) is 0 Å². The lowest BCUT2D eigenvalue weighted by Crippen LogP contribution is -2.18. The molecule has 0 bridgehead atoms. The van der Waals surface area contributed by atoms with E-state index >= 15 is 0 Å². The van der Waals surface area contributed by atoms with Crippen molar-refractivity contribution in [2.24, 2.45) is 0 Å². The quantitative estimate of drug-likeness (QED) is 0.881. The van der Waals surface area contributed by atoms with Crippen LogP contribution in [0.2, 0.25) is 0 Å². The summed E-state index contributed by atoms with van der Waals surface area (Å²) < 4.78 is 1.18. The van der Waals surface area contributed by atoms with Crippen LogP contribution in [0.4, 0.5) is 0 Å². The highest BCUT2D eigenvalue weighted by molar-refractivity contribution is 9.10. The van der Waals surface area contributed by atoms with Gasteiger partial charge >= 0.3 is 0 Å². The highest BCUT2D eigenvalue weighted by atomic mass is 79.9. The molecule has 1 saturated carbocycles. The summed E-state index contributed by atoms with van der Waals surface area (Å²) in [6, 6.07) is 7.26. The third-order valence-corrected chi connectivity index (χ3v) is 3.49. The van der Waals surface area contributed by atoms with Gasteiger partial charge in [-0.1, -0.05) is 39.7 Å². The molecule has 1 nitrogen and oxygen atoms in total. The SMILES string of the molecule is C/C(=C/c1ccc(C)cc1Br)CNC1CC1. The van der Waals surface area contributed by atoms with E-state index in [-0.39, 0.29) is 0 Å². The van der Waals surface area contributed by atoms with Crippen LogP contribution in [0.3, 0.4) is 0 Å². The summed E-state index contributed by atoms with van der Waals surface area (Å²) >= 11 is 3.60. The minimum Gasteiger partial charge on any atom is -0.310 e. The van der Waals surface area contributed by atoms with Crippen LogP contribution in [-0.4, -0.2) is 12.6 Å². The van der Waals surface area contributed by atoms with Crippen molar-refractivity contribution in [3.63, 3.8) is 0 Å². The first-order valence-electron chi connectivity index (χ1n) is 5.82. The van der Waals surface area contributed by atoms with E-state index in [2.05, 4.69) is 59.4 Å². The lowest BCUT2D eigenvalue weighted by Gasteiger charge is -2.05. The Balaban J connectivity index is 2.01. The Morgan fingerprint density at radius 1 is 1.50 bits per heavy atom. The van der Waals surface area contributed by atoms with Gasteiger partial charge in [0, 0.05) is 17.1 Å². The predicted octanol–water partition coefficient (Wildman–Crippen LogP) is 3.91. The molecular weight excluding hydrogens is 262 g/mol. The molecule has 0 atom stereocenters. The topological polar surface area (TPSA) is 12.0 Å². The van der Waals surface area contributed by atoms with E-state index in [0.717, 1.165) is 12.6 Å². The van der Waals surface area contributed by atoms with E-state index < -0.39 is 0 Å². The van der Waals surface area contributed by atoms with Crippen molar-refractivity contribution in [2.75, 3.05) is 6.54 Å². The lowest BCUT2D eigenvalue weighted by molar-refractivity contribution is 0.736. The Morgan fingerprint density at radius 3 is 2.88 bits per heavy atom. The standard InChI is InChI=1S/C14H18BrN/c1-10-3-4-12(14(15)8-10)7-11(2)9-16-13-5-6-13/h3-4,7-8,13,16H,5-6,9H2,1-2H3/b11-7-. The Kier molecular flexibility index (Phi) is 3.82. The first-order chi connectivity index (χ1) is 7.65. The van der Waals surface area contributed by atoms with E-state index in [0.29, 0.717) is 0 Å². The van der Waals surface area contributed by atoms with Gasteiger partial charge < -0.3 is 5.32 Å². The summed E-state index contributed by atoms with van der Waals surface area (Å²) in [6.45, 7) is 5.30. The average Bonchev–Trinajstić information content (AvgIpc) is 3.03. The molecule has 1 N–H and O–H groups in total.